The van der Waals surface area contributed by atoms with E-state index in [0.717, 1.165) is 11.3 Å². The molecule has 4 nitrogen and oxygen atoms in total. The fraction of sp³-hybridized carbons (Fsp3) is 0.0714. The van der Waals surface area contributed by atoms with Crippen molar-refractivity contribution in [2.24, 2.45) is 0 Å². The van der Waals surface area contributed by atoms with Gasteiger partial charge in [0.05, 0.1) is 0 Å². The number of para-hydroxylation sites is 1. The van der Waals surface area contributed by atoms with Crippen molar-refractivity contribution in [2.75, 3.05) is 4.90 Å². The van der Waals surface area contributed by atoms with Crippen LogP contribution >= 0.6 is 0 Å². The summed E-state index contributed by atoms with van der Waals surface area (Å²) in [7, 11) is 0. The average Bonchev–Trinajstić information content (AvgIpc) is 2.83. The lowest BCUT2D eigenvalue weighted by atomic mass is 10.1. The van der Waals surface area contributed by atoms with Crippen molar-refractivity contribution in [2.45, 2.75) is 6.17 Å². The molecule has 1 aliphatic heterocycles. The maximum Gasteiger partial charge on any atom is 0.337 e. The van der Waals surface area contributed by atoms with Gasteiger partial charge in [-0.2, -0.15) is 0 Å². The van der Waals surface area contributed by atoms with Crippen LogP contribution in [0, 0.1) is 0 Å². The second kappa shape index (κ2) is 4.50. The Kier molecular flexibility index (Phi) is 2.70. The summed E-state index contributed by atoms with van der Waals surface area (Å²) in [5.41, 5.74) is 7.56. The van der Waals surface area contributed by atoms with E-state index in [1.807, 2.05) is 60.7 Å². The third-order valence-electron chi connectivity index (χ3n) is 2.94. The van der Waals surface area contributed by atoms with E-state index >= 15 is 0 Å². The molecule has 2 N–H and O–H groups in total. The molecule has 1 unspecified atom stereocenters. The van der Waals surface area contributed by atoms with E-state index in [0.29, 0.717) is 0 Å². The summed E-state index contributed by atoms with van der Waals surface area (Å²) in [5, 5.41) is 0. The van der Waals surface area contributed by atoms with Crippen LogP contribution < -0.4 is 15.8 Å². The smallest absolute Gasteiger partial charge is 0.272 e. The monoisotopic (exact) mass is 239 g/mol. The Morgan fingerprint density at radius 2 is 1.50 bits per heavy atom. The molecular weight excluding hydrogens is 226 g/mol. The van der Waals surface area contributed by atoms with Crippen molar-refractivity contribution in [3.63, 3.8) is 0 Å². The SMILES string of the molecule is O=C1NNC(c2ccccc2)N1c1ccccc1. The number of benzene rings is 2. The highest BCUT2D eigenvalue weighted by molar-refractivity contribution is 5.94. The molecule has 90 valence electrons. The molecule has 4 heteroatoms. The Hall–Kier alpha value is -2.33. The molecule has 1 heterocycles. The molecule has 0 saturated carbocycles. The first-order chi connectivity index (χ1) is 8.86. The molecule has 1 saturated heterocycles. The van der Waals surface area contributed by atoms with Crippen LogP contribution in [0.15, 0.2) is 60.7 Å². The first-order valence-electron chi connectivity index (χ1n) is 5.81. The van der Waals surface area contributed by atoms with Gasteiger partial charge in [0.2, 0.25) is 0 Å². The fourth-order valence-corrected chi connectivity index (χ4v) is 2.09. The van der Waals surface area contributed by atoms with Crippen LogP contribution in [0.1, 0.15) is 11.7 Å². The minimum absolute atomic E-state index is 0.143. The van der Waals surface area contributed by atoms with Crippen molar-refractivity contribution in [3.05, 3.63) is 66.2 Å². The molecule has 0 radical (unpaired) electrons. The molecule has 2 amide bonds. The van der Waals surface area contributed by atoms with E-state index < -0.39 is 0 Å². The summed E-state index contributed by atoms with van der Waals surface area (Å²) in [5.74, 6) is 0. The zero-order chi connectivity index (χ0) is 12.4. The van der Waals surface area contributed by atoms with Crippen molar-refractivity contribution in [1.82, 2.24) is 10.9 Å². The Morgan fingerprint density at radius 1 is 0.889 bits per heavy atom. The number of carbonyl (C=O) groups excluding carboxylic acids is 1. The lowest BCUT2D eigenvalue weighted by molar-refractivity contribution is 0.250. The van der Waals surface area contributed by atoms with Crippen molar-refractivity contribution >= 4 is 11.7 Å². The number of urea groups is 1. The van der Waals surface area contributed by atoms with E-state index in [-0.39, 0.29) is 12.2 Å². The van der Waals surface area contributed by atoms with Gasteiger partial charge in [-0.15, -0.1) is 0 Å². The second-order valence-corrected chi connectivity index (χ2v) is 4.09. The summed E-state index contributed by atoms with van der Waals surface area (Å²) in [4.78, 5) is 13.6. The Morgan fingerprint density at radius 3 is 2.17 bits per heavy atom. The molecule has 0 spiro atoms. The second-order valence-electron chi connectivity index (χ2n) is 4.09. The molecule has 0 bridgehead atoms. The van der Waals surface area contributed by atoms with E-state index in [1.54, 1.807) is 4.90 Å². The number of anilines is 1. The zero-order valence-corrected chi connectivity index (χ0v) is 9.71. The lowest BCUT2D eigenvalue weighted by Crippen LogP contribution is -2.29. The largest absolute Gasteiger partial charge is 0.337 e. The van der Waals surface area contributed by atoms with Gasteiger partial charge in [-0.1, -0.05) is 48.5 Å². The number of amides is 2. The fourth-order valence-electron chi connectivity index (χ4n) is 2.09. The van der Waals surface area contributed by atoms with Crippen LogP contribution in [0.4, 0.5) is 10.5 Å². The molecule has 1 aliphatic rings. The van der Waals surface area contributed by atoms with Gasteiger partial charge >= 0.3 is 6.03 Å². The number of rotatable bonds is 2. The number of carbonyl (C=O) groups is 1. The van der Waals surface area contributed by atoms with Gasteiger partial charge in [0, 0.05) is 5.69 Å². The van der Waals surface area contributed by atoms with Gasteiger partial charge in [0.15, 0.2) is 0 Å². The summed E-state index contributed by atoms with van der Waals surface area (Å²) in [6.45, 7) is 0. The van der Waals surface area contributed by atoms with E-state index in [9.17, 15) is 4.79 Å². The third kappa shape index (κ3) is 1.83. The summed E-state index contributed by atoms with van der Waals surface area (Å²) < 4.78 is 0. The molecule has 1 atom stereocenters. The first-order valence-corrected chi connectivity index (χ1v) is 5.81. The number of nitrogens with zero attached hydrogens (tertiary/aromatic N) is 1. The Bertz CT molecular complexity index is 541. The van der Waals surface area contributed by atoms with Gasteiger partial charge in [-0.25, -0.2) is 10.2 Å². The van der Waals surface area contributed by atoms with Crippen molar-refractivity contribution in [3.8, 4) is 0 Å². The maximum atomic E-state index is 11.9. The van der Waals surface area contributed by atoms with Gasteiger partial charge in [-0.05, 0) is 17.7 Å². The van der Waals surface area contributed by atoms with Crippen LogP contribution in [0.2, 0.25) is 0 Å². The van der Waals surface area contributed by atoms with Crippen LogP contribution in [-0.4, -0.2) is 6.03 Å². The molecule has 2 aromatic rings. The number of hydrogen-bond acceptors (Lipinski definition) is 2. The number of nitrogens with one attached hydrogen (secondary N) is 2. The predicted octanol–water partition coefficient (Wildman–Crippen LogP) is 2.42. The number of hydrogen-bond donors (Lipinski definition) is 2. The maximum absolute atomic E-state index is 11.9. The molecule has 1 fully saturated rings. The third-order valence-corrected chi connectivity index (χ3v) is 2.94. The van der Waals surface area contributed by atoms with E-state index in [2.05, 4.69) is 10.9 Å². The first kappa shape index (κ1) is 10.8. The summed E-state index contributed by atoms with van der Waals surface area (Å²) >= 11 is 0. The van der Waals surface area contributed by atoms with Crippen LogP contribution in [0.25, 0.3) is 0 Å². The van der Waals surface area contributed by atoms with Crippen LogP contribution in [-0.2, 0) is 0 Å². The van der Waals surface area contributed by atoms with E-state index in [1.165, 1.54) is 0 Å². The quantitative estimate of drug-likeness (QED) is 0.845. The molecular formula is C14H13N3O. The highest BCUT2D eigenvalue weighted by Gasteiger charge is 2.32. The highest BCUT2D eigenvalue weighted by atomic mass is 16.2. The van der Waals surface area contributed by atoms with Gasteiger partial charge in [-0.3, -0.25) is 10.3 Å². The Labute approximate surface area is 105 Å². The normalized spacial score (nSPS) is 18.8. The van der Waals surface area contributed by atoms with Gasteiger partial charge in [0.25, 0.3) is 0 Å². The molecule has 18 heavy (non-hydrogen) atoms. The minimum atomic E-state index is -0.180. The van der Waals surface area contributed by atoms with Crippen molar-refractivity contribution < 1.29 is 4.79 Å². The minimum Gasteiger partial charge on any atom is -0.272 e. The average molecular weight is 239 g/mol. The molecule has 0 aromatic heterocycles. The summed E-state index contributed by atoms with van der Waals surface area (Å²) in [6.07, 6.45) is -0.180. The molecule has 2 aromatic carbocycles. The Balaban J connectivity index is 1.98. The molecule has 0 aliphatic carbocycles. The number of hydrazine groups is 1. The summed E-state index contributed by atoms with van der Waals surface area (Å²) in [6, 6.07) is 19.3. The van der Waals surface area contributed by atoms with Crippen molar-refractivity contribution in [1.29, 1.82) is 0 Å². The lowest BCUT2D eigenvalue weighted by Gasteiger charge is -2.22. The van der Waals surface area contributed by atoms with Crippen LogP contribution in [0.5, 0.6) is 0 Å². The predicted molar refractivity (Wildman–Crippen MR) is 69.8 cm³/mol. The standard InChI is InChI=1S/C14H13N3O/c18-14-16-15-13(11-7-3-1-4-8-11)17(14)12-9-5-2-6-10-12/h1-10,13,15H,(H,16,18). The van der Waals surface area contributed by atoms with Crippen LogP contribution in [0.3, 0.4) is 0 Å². The zero-order valence-electron chi connectivity index (χ0n) is 9.71. The van der Waals surface area contributed by atoms with E-state index in [4.69, 9.17) is 0 Å². The topological polar surface area (TPSA) is 44.4 Å². The van der Waals surface area contributed by atoms with Gasteiger partial charge < -0.3 is 0 Å². The van der Waals surface area contributed by atoms with Gasteiger partial charge in [0.1, 0.15) is 6.17 Å². The molecule has 3 rings (SSSR count). The highest BCUT2D eigenvalue weighted by Crippen LogP contribution is 2.27.